The molecule has 1 unspecified atom stereocenters. The van der Waals surface area contributed by atoms with E-state index in [1.54, 1.807) is 13.0 Å². The largest absolute Gasteiger partial charge is 0.391 e. The molecule has 4 heteroatoms. The Morgan fingerprint density at radius 3 is 2.71 bits per heavy atom. The summed E-state index contributed by atoms with van der Waals surface area (Å²) in [5.41, 5.74) is 0.835. The van der Waals surface area contributed by atoms with Crippen LogP contribution in [0.15, 0.2) is 18.2 Å². The summed E-state index contributed by atoms with van der Waals surface area (Å²) in [6.45, 7) is 5.62. The number of aryl methyl sites for hydroxylation is 1. The van der Waals surface area contributed by atoms with Gasteiger partial charge in [0.15, 0.2) is 0 Å². The van der Waals surface area contributed by atoms with Crippen LogP contribution in [0.3, 0.4) is 0 Å². The lowest BCUT2D eigenvalue weighted by Crippen LogP contribution is -2.35. The lowest BCUT2D eigenvalue weighted by molar-refractivity contribution is 0.0868. The molecule has 0 radical (unpaired) electrons. The van der Waals surface area contributed by atoms with E-state index in [2.05, 4.69) is 5.32 Å². The highest BCUT2D eigenvalue weighted by atomic mass is 19.1. The van der Waals surface area contributed by atoms with Crippen LogP contribution in [-0.4, -0.2) is 23.7 Å². The van der Waals surface area contributed by atoms with Crippen LogP contribution in [0, 0.1) is 18.7 Å². The van der Waals surface area contributed by atoms with Crippen molar-refractivity contribution >= 4 is 5.91 Å². The van der Waals surface area contributed by atoms with Crippen LogP contribution in [-0.2, 0) is 0 Å². The summed E-state index contributed by atoms with van der Waals surface area (Å²) in [6.07, 6.45) is -0.619. The number of aliphatic hydroxyl groups excluding tert-OH is 1. The van der Waals surface area contributed by atoms with Gasteiger partial charge in [0.25, 0.3) is 5.91 Å². The molecule has 0 heterocycles. The van der Waals surface area contributed by atoms with Gasteiger partial charge in [0.2, 0.25) is 0 Å². The third kappa shape index (κ3) is 3.82. The fraction of sp³-hybridized carbons (Fsp3) is 0.462. The first-order valence-electron chi connectivity index (χ1n) is 5.64. The van der Waals surface area contributed by atoms with Gasteiger partial charge in [-0.15, -0.1) is 0 Å². The van der Waals surface area contributed by atoms with Crippen LogP contribution in [0.5, 0.6) is 0 Å². The van der Waals surface area contributed by atoms with E-state index in [9.17, 15) is 14.3 Å². The van der Waals surface area contributed by atoms with Crippen molar-refractivity contribution in [2.45, 2.75) is 26.9 Å². The second-order valence-electron chi connectivity index (χ2n) is 4.50. The number of benzene rings is 1. The molecule has 1 aromatic rings. The number of aliphatic hydroxyl groups is 1. The van der Waals surface area contributed by atoms with E-state index in [4.69, 9.17) is 0 Å². The number of hydrogen-bond acceptors (Lipinski definition) is 2. The molecule has 0 aromatic heterocycles. The molecule has 0 aliphatic carbocycles. The summed E-state index contributed by atoms with van der Waals surface area (Å²) < 4.78 is 13.4. The van der Waals surface area contributed by atoms with E-state index in [0.29, 0.717) is 0 Å². The maximum absolute atomic E-state index is 13.4. The standard InChI is InChI=1S/C13H18FNO2/c1-8(2)12(16)7-15-13(17)10-6-9(3)4-5-11(10)14/h4-6,8,12,16H,7H2,1-3H3,(H,15,17). The van der Waals surface area contributed by atoms with Crippen LogP contribution in [0.25, 0.3) is 0 Å². The third-order valence-electron chi connectivity index (χ3n) is 2.61. The Labute approximate surface area is 101 Å². The van der Waals surface area contributed by atoms with Gasteiger partial charge in [0.1, 0.15) is 5.82 Å². The van der Waals surface area contributed by atoms with Gasteiger partial charge in [-0.05, 0) is 25.0 Å². The lowest BCUT2D eigenvalue weighted by atomic mass is 10.1. The van der Waals surface area contributed by atoms with Gasteiger partial charge in [-0.3, -0.25) is 4.79 Å². The Morgan fingerprint density at radius 1 is 1.47 bits per heavy atom. The molecule has 0 bridgehead atoms. The lowest BCUT2D eigenvalue weighted by Gasteiger charge is -2.15. The van der Waals surface area contributed by atoms with Crippen molar-refractivity contribution in [2.75, 3.05) is 6.54 Å². The van der Waals surface area contributed by atoms with Gasteiger partial charge in [-0.1, -0.05) is 25.5 Å². The Hall–Kier alpha value is -1.42. The predicted molar refractivity (Wildman–Crippen MR) is 64.3 cm³/mol. The minimum atomic E-state index is -0.619. The zero-order valence-corrected chi connectivity index (χ0v) is 10.3. The zero-order chi connectivity index (χ0) is 13.0. The molecular formula is C13H18FNO2. The first kappa shape index (κ1) is 13.6. The molecule has 2 N–H and O–H groups in total. The molecule has 3 nitrogen and oxygen atoms in total. The second-order valence-corrected chi connectivity index (χ2v) is 4.50. The second kappa shape index (κ2) is 5.77. The number of carbonyl (C=O) groups is 1. The number of nitrogens with one attached hydrogen (secondary N) is 1. The highest BCUT2D eigenvalue weighted by Crippen LogP contribution is 2.10. The molecule has 0 aliphatic heterocycles. The third-order valence-corrected chi connectivity index (χ3v) is 2.61. The molecule has 1 amide bonds. The highest BCUT2D eigenvalue weighted by molar-refractivity contribution is 5.94. The normalized spacial score (nSPS) is 12.6. The molecule has 1 aromatic carbocycles. The molecule has 1 rings (SSSR count). The number of hydrogen-bond donors (Lipinski definition) is 2. The summed E-state index contributed by atoms with van der Waals surface area (Å²) in [6, 6.07) is 4.37. The Kier molecular flexibility index (Phi) is 4.63. The summed E-state index contributed by atoms with van der Waals surface area (Å²) in [7, 11) is 0. The fourth-order valence-electron chi connectivity index (χ4n) is 1.34. The van der Waals surface area contributed by atoms with E-state index in [0.717, 1.165) is 5.56 Å². The first-order chi connectivity index (χ1) is 7.91. The molecule has 0 saturated heterocycles. The van der Waals surface area contributed by atoms with E-state index in [-0.39, 0.29) is 18.0 Å². The molecular weight excluding hydrogens is 221 g/mol. The summed E-state index contributed by atoms with van der Waals surface area (Å²) >= 11 is 0. The number of carbonyl (C=O) groups excluding carboxylic acids is 1. The van der Waals surface area contributed by atoms with Crippen molar-refractivity contribution in [2.24, 2.45) is 5.92 Å². The first-order valence-corrected chi connectivity index (χ1v) is 5.64. The van der Waals surface area contributed by atoms with Crippen LogP contribution in [0.4, 0.5) is 4.39 Å². The predicted octanol–water partition coefficient (Wildman–Crippen LogP) is 1.88. The van der Waals surface area contributed by atoms with Crippen LogP contribution in [0.2, 0.25) is 0 Å². The minimum Gasteiger partial charge on any atom is -0.391 e. The smallest absolute Gasteiger partial charge is 0.254 e. The summed E-state index contributed by atoms with van der Waals surface area (Å²) in [5.74, 6) is -0.990. The van der Waals surface area contributed by atoms with E-state index >= 15 is 0 Å². The van der Waals surface area contributed by atoms with E-state index in [1.807, 2.05) is 13.8 Å². The Morgan fingerprint density at radius 2 is 2.12 bits per heavy atom. The van der Waals surface area contributed by atoms with Crippen LogP contribution < -0.4 is 5.32 Å². The number of amides is 1. The topological polar surface area (TPSA) is 49.3 Å². The summed E-state index contributed by atoms with van der Waals surface area (Å²) in [4.78, 5) is 11.7. The van der Waals surface area contributed by atoms with Crippen molar-refractivity contribution in [1.82, 2.24) is 5.32 Å². The van der Waals surface area contributed by atoms with Gasteiger partial charge in [0.05, 0.1) is 11.7 Å². The van der Waals surface area contributed by atoms with Crippen molar-refractivity contribution in [3.05, 3.63) is 35.1 Å². The molecule has 0 aliphatic rings. The van der Waals surface area contributed by atoms with Crippen molar-refractivity contribution in [3.63, 3.8) is 0 Å². The Balaban J connectivity index is 2.67. The van der Waals surface area contributed by atoms with Gasteiger partial charge in [0, 0.05) is 6.54 Å². The molecule has 17 heavy (non-hydrogen) atoms. The van der Waals surface area contributed by atoms with Crippen molar-refractivity contribution in [3.8, 4) is 0 Å². The molecule has 0 saturated carbocycles. The van der Waals surface area contributed by atoms with Crippen LogP contribution >= 0.6 is 0 Å². The highest BCUT2D eigenvalue weighted by Gasteiger charge is 2.14. The Bertz CT molecular complexity index is 404. The minimum absolute atomic E-state index is 0.0148. The number of rotatable bonds is 4. The maximum Gasteiger partial charge on any atom is 0.254 e. The van der Waals surface area contributed by atoms with Crippen molar-refractivity contribution < 1.29 is 14.3 Å². The van der Waals surface area contributed by atoms with Crippen molar-refractivity contribution in [1.29, 1.82) is 0 Å². The van der Waals surface area contributed by atoms with Crippen LogP contribution in [0.1, 0.15) is 29.8 Å². The van der Waals surface area contributed by atoms with Gasteiger partial charge in [-0.2, -0.15) is 0 Å². The SMILES string of the molecule is Cc1ccc(F)c(C(=O)NCC(O)C(C)C)c1. The number of halogens is 1. The van der Waals surface area contributed by atoms with Gasteiger partial charge in [-0.25, -0.2) is 4.39 Å². The average molecular weight is 239 g/mol. The van der Waals surface area contributed by atoms with E-state index in [1.165, 1.54) is 12.1 Å². The van der Waals surface area contributed by atoms with Gasteiger partial charge < -0.3 is 10.4 Å². The molecule has 94 valence electrons. The average Bonchev–Trinajstić information content (AvgIpc) is 2.28. The maximum atomic E-state index is 13.4. The quantitative estimate of drug-likeness (QED) is 0.842. The monoisotopic (exact) mass is 239 g/mol. The van der Waals surface area contributed by atoms with Gasteiger partial charge >= 0.3 is 0 Å². The zero-order valence-electron chi connectivity index (χ0n) is 10.3. The molecule has 0 spiro atoms. The fourth-order valence-corrected chi connectivity index (χ4v) is 1.34. The summed E-state index contributed by atoms with van der Waals surface area (Å²) in [5, 5.41) is 12.1. The van der Waals surface area contributed by atoms with E-state index < -0.39 is 17.8 Å². The molecule has 1 atom stereocenters. The molecule has 0 fully saturated rings.